The van der Waals surface area contributed by atoms with Crippen molar-refractivity contribution in [2.24, 2.45) is 0 Å². The van der Waals surface area contributed by atoms with Crippen LogP contribution in [0.5, 0.6) is 11.5 Å². The van der Waals surface area contributed by atoms with Crippen molar-refractivity contribution in [2.45, 2.75) is 19.6 Å². The molecule has 2 heterocycles. The number of hydrogen-bond donors (Lipinski definition) is 1. The van der Waals surface area contributed by atoms with Crippen LogP contribution in [0.4, 0.5) is 5.69 Å². The molecule has 2 aliphatic heterocycles. The Morgan fingerprint density at radius 1 is 0.943 bits per heavy atom. The maximum absolute atomic E-state index is 12.9. The largest absolute Gasteiger partial charge is 0.454 e. The number of benzene rings is 3. The Hall–Kier alpha value is -4.66. The van der Waals surface area contributed by atoms with Crippen molar-refractivity contribution in [2.75, 3.05) is 12.1 Å². The van der Waals surface area contributed by atoms with Crippen molar-refractivity contribution in [1.82, 2.24) is 4.90 Å². The Labute approximate surface area is 200 Å². The molecule has 0 saturated carbocycles. The van der Waals surface area contributed by atoms with Crippen molar-refractivity contribution >= 4 is 29.4 Å². The molecule has 3 amide bonds. The third kappa shape index (κ3) is 4.31. The van der Waals surface area contributed by atoms with E-state index in [-0.39, 0.29) is 30.0 Å². The van der Waals surface area contributed by atoms with Gasteiger partial charge >= 0.3 is 5.97 Å². The lowest BCUT2D eigenvalue weighted by atomic mass is 10.1. The fraction of sp³-hybridized carbons (Fsp3) is 0.154. The molecule has 9 heteroatoms. The maximum Gasteiger partial charge on any atom is 0.338 e. The second-order valence-corrected chi connectivity index (χ2v) is 8.05. The fourth-order valence-corrected chi connectivity index (χ4v) is 3.83. The van der Waals surface area contributed by atoms with Crippen LogP contribution in [0.25, 0.3) is 0 Å². The molecule has 0 fully saturated rings. The van der Waals surface area contributed by atoms with Gasteiger partial charge in [-0.05, 0) is 42.8 Å². The highest BCUT2D eigenvalue weighted by molar-refractivity contribution is 6.21. The Morgan fingerprint density at radius 2 is 1.69 bits per heavy atom. The molecule has 0 spiro atoms. The SMILES string of the molecule is C[C@H](OC(=O)c1ccc2c(c1)C(=O)N(Cc1ccccc1)C2=O)C(=O)Nc1ccc2c(c1)OCO2. The van der Waals surface area contributed by atoms with Crippen LogP contribution < -0.4 is 14.8 Å². The van der Waals surface area contributed by atoms with E-state index >= 15 is 0 Å². The van der Waals surface area contributed by atoms with Gasteiger partial charge in [-0.3, -0.25) is 19.3 Å². The quantitative estimate of drug-likeness (QED) is 0.432. The summed E-state index contributed by atoms with van der Waals surface area (Å²) in [4.78, 5) is 51.9. The Morgan fingerprint density at radius 3 is 2.49 bits per heavy atom. The summed E-state index contributed by atoms with van der Waals surface area (Å²) in [7, 11) is 0. The standard InChI is InChI=1S/C26H20N2O7/c1-15(23(29)27-18-8-10-21-22(12-18)34-14-33-21)35-26(32)17-7-9-19-20(11-17)25(31)28(24(19)30)13-16-5-3-2-4-6-16/h2-12,15H,13-14H2,1H3,(H,27,29)/t15-/m0/s1. The highest BCUT2D eigenvalue weighted by Crippen LogP contribution is 2.34. The molecule has 0 unspecified atom stereocenters. The number of fused-ring (bicyclic) bond motifs is 2. The van der Waals surface area contributed by atoms with Gasteiger partial charge in [0.25, 0.3) is 17.7 Å². The zero-order valence-electron chi connectivity index (χ0n) is 18.6. The summed E-state index contributed by atoms with van der Waals surface area (Å²) in [6.07, 6.45) is -1.12. The van der Waals surface area contributed by atoms with E-state index in [9.17, 15) is 19.2 Å². The van der Waals surface area contributed by atoms with E-state index in [2.05, 4.69) is 5.32 Å². The molecule has 9 nitrogen and oxygen atoms in total. The zero-order chi connectivity index (χ0) is 24.5. The number of hydrogen-bond acceptors (Lipinski definition) is 7. The topological polar surface area (TPSA) is 111 Å². The lowest BCUT2D eigenvalue weighted by molar-refractivity contribution is -0.123. The number of nitrogens with zero attached hydrogens (tertiary/aromatic N) is 1. The lowest BCUT2D eigenvalue weighted by Crippen LogP contribution is -2.30. The molecule has 1 N–H and O–H groups in total. The zero-order valence-corrected chi connectivity index (χ0v) is 18.6. The first-order valence-electron chi connectivity index (χ1n) is 10.9. The van der Waals surface area contributed by atoms with E-state index in [0.29, 0.717) is 17.2 Å². The first kappa shape index (κ1) is 22.1. The van der Waals surface area contributed by atoms with Gasteiger partial charge in [0.05, 0.1) is 23.2 Å². The third-order valence-corrected chi connectivity index (χ3v) is 5.68. The highest BCUT2D eigenvalue weighted by Gasteiger charge is 2.36. The number of imide groups is 1. The smallest absolute Gasteiger partial charge is 0.338 e. The van der Waals surface area contributed by atoms with Crippen LogP contribution in [0, 0.1) is 0 Å². The van der Waals surface area contributed by atoms with Crippen molar-refractivity contribution in [3.05, 3.63) is 89.0 Å². The second kappa shape index (κ2) is 8.94. The number of rotatable bonds is 6. The van der Waals surface area contributed by atoms with Gasteiger partial charge in [0.2, 0.25) is 6.79 Å². The number of carbonyl (C=O) groups excluding carboxylic acids is 4. The molecule has 0 bridgehead atoms. The van der Waals surface area contributed by atoms with Crippen LogP contribution in [0.2, 0.25) is 0 Å². The molecule has 0 aliphatic carbocycles. The van der Waals surface area contributed by atoms with Crippen LogP contribution in [0.15, 0.2) is 66.7 Å². The first-order valence-corrected chi connectivity index (χ1v) is 10.9. The molecule has 1 atom stereocenters. The van der Waals surface area contributed by atoms with Gasteiger partial charge in [-0.15, -0.1) is 0 Å². The minimum atomic E-state index is -1.12. The van der Waals surface area contributed by atoms with E-state index in [0.717, 1.165) is 10.5 Å². The van der Waals surface area contributed by atoms with Crippen LogP contribution in [0.3, 0.4) is 0 Å². The number of carbonyl (C=O) groups is 4. The number of ether oxygens (including phenoxy) is 3. The van der Waals surface area contributed by atoms with Crippen molar-refractivity contribution < 1.29 is 33.4 Å². The normalized spacial score (nSPS) is 14.5. The Bertz CT molecular complexity index is 1350. The van der Waals surface area contributed by atoms with Gasteiger partial charge in [0.1, 0.15) is 0 Å². The predicted octanol–water partition coefficient (Wildman–Crippen LogP) is 3.40. The van der Waals surface area contributed by atoms with Gasteiger partial charge in [-0.1, -0.05) is 30.3 Å². The average molecular weight is 472 g/mol. The molecule has 3 aromatic carbocycles. The van der Waals surface area contributed by atoms with Crippen molar-refractivity contribution in [3.8, 4) is 11.5 Å². The Balaban J connectivity index is 1.25. The lowest BCUT2D eigenvalue weighted by Gasteiger charge is -2.14. The number of esters is 1. The molecule has 35 heavy (non-hydrogen) atoms. The molecule has 176 valence electrons. The van der Waals surface area contributed by atoms with Crippen LogP contribution in [-0.4, -0.2) is 41.5 Å². The molecule has 2 aliphatic rings. The Kier molecular flexibility index (Phi) is 5.66. The average Bonchev–Trinajstić information content (AvgIpc) is 3.42. The number of anilines is 1. The molecule has 0 aromatic heterocycles. The summed E-state index contributed by atoms with van der Waals surface area (Å²) in [6.45, 7) is 1.67. The predicted molar refractivity (Wildman–Crippen MR) is 123 cm³/mol. The minimum absolute atomic E-state index is 0.0641. The van der Waals surface area contributed by atoms with E-state index in [1.165, 1.54) is 25.1 Å². The van der Waals surface area contributed by atoms with Gasteiger partial charge in [-0.2, -0.15) is 0 Å². The second-order valence-electron chi connectivity index (χ2n) is 8.05. The fourth-order valence-electron chi connectivity index (χ4n) is 3.83. The van der Waals surface area contributed by atoms with Gasteiger partial charge < -0.3 is 19.5 Å². The van der Waals surface area contributed by atoms with E-state index in [1.54, 1.807) is 18.2 Å². The van der Waals surface area contributed by atoms with E-state index in [1.807, 2.05) is 30.3 Å². The highest BCUT2D eigenvalue weighted by atomic mass is 16.7. The maximum atomic E-state index is 12.9. The molecular weight excluding hydrogens is 452 g/mol. The van der Waals surface area contributed by atoms with Crippen LogP contribution >= 0.6 is 0 Å². The summed E-state index contributed by atoms with van der Waals surface area (Å²) in [5.74, 6) is -1.16. The van der Waals surface area contributed by atoms with Crippen LogP contribution in [0.1, 0.15) is 43.6 Å². The molecule has 0 radical (unpaired) electrons. The van der Waals surface area contributed by atoms with Gasteiger partial charge in [0, 0.05) is 11.8 Å². The third-order valence-electron chi connectivity index (χ3n) is 5.68. The summed E-state index contributed by atoms with van der Waals surface area (Å²) in [6, 6.07) is 18.2. The summed E-state index contributed by atoms with van der Waals surface area (Å²) >= 11 is 0. The van der Waals surface area contributed by atoms with Crippen molar-refractivity contribution in [1.29, 1.82) is 0 Å². The summed E-state index contributed by atoms with van der Waals surface area (Å²) < 4.78 is 15.8. The van der Waals surface area contributed by atoms with Gasteiger partial charge in [-0.25, -0.2) is 4.79 Å². The van der Waals surface area contributed by atoms with Crippen LogP contribution in [-0.2, 0) is 16.1 Å². The number of nitrogens with one attached hydrogen (secondary N) is 1. The minimum Gasteiger partial charge on any atom is -0.454 e. The molecular formula is C26H20N2O7. The molecule has 5 rings (SSSR count). The van der Waals surface area contributed by atoms with E-state index in [4.69, 9.17) is 14.2 Å². The summed E-state index contributed by atoms with van der Waals surface area (Å²) in [5.41, 5.74) is 1.68. The number of amides is 3. The molecule has 0 saturated heterocycles. The first-order chi connectivity index (χ1) is 16.9. The molecule has 3 aromatic rings. The van der Waals surface area contributed by atoms with E-state index < -0.39 is 29.8 Å². The monoisotopic (exact) mass is 472 g/mol. The van der Waals surface area contributed by atoms with Crippen molar-refractivity contribution in [3.63, 3.8) is 0 Å². The van der Waals surface area contributed by atoms with Gasteiger partial charge in [0.15, 0.2) is 17.6 Å². The summed E-state index contributed by atoms with van der Waals surface area (Å²) in [5, 5.41) is 2.65.